The molecule has 0 saturated heterocycles. The average molecular weight is 745 g/mol. The maximum absolute atomic E-state index is 10.6. The summed E-state index contributed by atoms with van der Waals surface area (Å²) in [4.78, 5) is 20.9. The van der Waals surface area contributed by atoms with Crippen LogP contribution in [0.3, 0.4) is 0 Å². The fourth-order valence-electron chi connectivity index (χ4n) is 4.72. The van der Waals surface area contributed by atoms with Gasteiger partial charge in [0.05, 0.1) is 0 Å². The Hall–Kier alpha value is 0.000000000000000888. The van der Waals surface area contributed by atoms with Gasteiger partial charge in [0.15, 0.2) is 0 Å². The zero-order valence-electron chi connectivity index (χ0n) is 29.2. The van der Waals surface area contributed by atoms with Crippen molar-refractivity contribution < 1.29 is 78.9 Å². The van der Waals surface area contributed by atoms with Crippen molar-refractivity contribution in [3.8, 4) is 0 Å². The molecule has 0 aliphatic carbocycles. The Bertz CT molecular complexity index is 1180. The summed E-state index contributed by atoms with van der Waals surface area (Å²) in [5, 5.41) is 22.2. The maximum Gasteiger partial charge on any atom is 1.00 e. The normalized spacial score (nSPS) is 11.6. The smallest absolute Gasteiger partial charge is 0.550 e. The summed E-state index contributed by atoms with van der Waals surface area (Å²) in [6.07, 6.45) is 10.5. The molecule has 0 N–H and O–H groups in total. The predicted octanol–water partition coefficient (Wildman–Crippen LogP) is 2.28. The van der Waals surface area contributed by atoms with E-state index in [-0.39, 0.29) is 72.0 Å². The van der Waals surface area contributed by atoms with Gasteiger partial charge in [-0.05, 0) is 85.8 Å². The summed E-state index contributed by atoms with van der Waals surface area (Å²) in [6.45, 7) is 0. The Morgan fingerprint density at radius 3 is 1.31 bits per heavy atom. The first-order valence-electron chi connectivity index (χ1n) is 16.3. The van der Waals surface area contributed by atoms with Gasteiger partial charge in [-0.2, -0.15) is 47.0 Å². The standard InChI is InChI=1S/C22H28O2S2.C16H24O2S2.2Na/c23-22(24)14-8-7-13-21(26-18-20-11-5-2-6-12-20)15-16-25-17-19-9-3-1-4-10-19;1-19-15(9-5-6-10-16(17)18)11-12-20-13-14-7-3-2-4-8-14;;/h1-6,9-12,21H,7-8,13-18H2,(H,23,24);2-4,7-8,15H,5-6,9-13H2,1H3,(H,17,18);;/q;;2*+1/p-2. The molecule has 0 aliphatic heterocycles. The molecule has 0 amide bonds. The van der Waals surface area contributed by atoms with E-state index in [1.165, 1.54) is 35.3 Å². The number of rotatable bonds is 24. The topological polar surface area (TPSA) is 80.3 Å². The van der Waals surface area contributed by atoms with Crippen molar-refractivity contribution in [1.29, 1.82) is 0 Å². The molecular weight excluding hydrogens is 695 g/mol. The van der Waals surface area contributed by atoms with Gasteiger partial charge in [0.1, 0.15) is 0 Å². The molecule has 48 heavy (non-hydrogen) atoms. The van der Waals surface area contributed by atoms with Gasteiger partial charge >= 0.3 is 59.1 Å². The minimum Gasteiger partial charge on any atom is -0.550 e. The van der Waals surface area contributed by atoms with E-state index in [1.807, 2.05) is 59.2 Å². The van der Waals surface area contributed by atoms with Crippen molar-refractivity contribution in [3.05, 3.63) is 108 Å². The van der Waals surface area contributed by atoms with Crippen molar-refractivity contribution in [1.82, 2.24) is 0 Å². The van der Waals surface area contributed by atoms with Crippen molar-refractivity contribution in [2.45, 2.75) is 92.0 Å². The number of carboxylic acids is 2. The average Bonchev–Trinajstić information content (AvgIpc) is 3.07. The summed E-state index contributed by atoms with van der Waals surface area (Å²) in [5.74, 6) is 3.60. The maximum atomic E-state index is 10.6. The molecule has 0 radical (unpaired) electrons. The van der Waals surface area contributed by atoms with Crippen LogP contribution in [-0.4, -0.2) is 40.2 Å². The number of benzene rings is 3. The minimum atomic E-state index is -0.933. The molecule has 0 spiro atoms. The summed E-state index contributed by atoms with van der Waals surface area (Å²) >= 11 is 7.86. The van der Waals surface area contributed by atoms with Crippen molar-refractivity contribution in [2.24, 2.45) is 0 Å². The van der Waals surface area contributed by atoms with Gasteiger partial charge < -0.3 is 19.8 Å². The van der Waals surface area contributed by atoms with Crippen LogP contribution >= 0.6 is 47.0 Å². The third-order valence-corrected chi connectivity index (χ3v) is 12.1. The van der Waals surface area contributed by atoms with Crippen LogP contribution in [0.5, 0.6) is 0 Å². The third kappa shape index (κ3) is 26.8. The van der Waals surface area contributed by atoms with E-state index < -0.39 is 11.9 Å². The van der Waals surface area contributed by atoms with E-state index >= 15 is 0 Å². The number of hydrogen-bond donors (Lipinski definition) is 0. The Labute approximate surface area is 351 Å². The Kier molecular flexibility index (Phi) is 32.9. The Morgan fingerprint density at radius 1 is 0.542 bits per heavy atom. The van der Waals surface area contributed by atoms with Gasteiger partial charge in [-0.3, -0.25) is 0 Å². The second-order valence-corrected chi connectivity index (χ2v) is 15.8. The van der Waals surface area contributed by atoms with E-state index in [2.05, 4.69) is 85.1 Å². The first-order chi connectivity index (χ1) is 22.5. The van der Waals surface area contributed by atoms with Gasteiger partial charge in [0.2, 0.25) is 0 Å². The van der Waals surface area contributed by atoms with Crippen LogP contribution in [0, 0.1) is 0 Å². The van der Waals surface area contributed by atoms with E-state index in [4.69, 9.17) is 0 Å². The number of thioether (sulfide) groups is 4. The number of unbranched alkanes of at least 4 members (excludes halogenated alkanes) is 2. The van der Waals surface area contributed by atoms with E-state index in [9.17, 15) is 19.8 Å². The molecule has 4 nitrogen and oxygen atoms in total. The second kappa shape index (κ2) is 32.9. The summed E-state index contributed by atoms with van der Waals surface area (Å²) in [6, 6.07) is 31.7. The molecule has 0 aliphatic rings. The first kappa shape index (κ1) is 48.0. The van der Waals surface area contributed by atoms with E-state index in [1.54, 1.807) is 0 Å². The minimum absolute atomic E-state index is 0. The molecule has 0 aromatic heterocycles. The SMILES string of the molecule is CSC(CCCCC(=O)[O-])CCSCc1ccccc1.O=C([O-])CCCCC(CCSCc1ccccc1)SCc1ccccc1.[Na+].[Na+]. The molecule has 252 valence electrons. The first-order valence-corrected chi connectivity index (χ1v) is 20.9. The number of carbonyl (C=O) groups is 2. The number of hydrogen-bond acceptors (Lipinski definition) is 8. The van der Waals surface area contributed by atoms with Crippen LogP contribution in [0.1, 0.15) is 80.9 Å². The fraction of sp³-hybridized carbons (Fsp3) is 0.474. The number of carboxylic acid groups (broad SMARTS) is 2. The number of aliphatic carboxylic acids is 2. The zero-order valence-corrected chi connectivity index (χ0v) is 36.5. The van der Waals surface area contributed by atoms with Crippen LogP contribution in [0.2, 0.25) is 0 Å². The molecule has 10 heteroatoms. The van der Waals surface area contributed by atoms with Crippen molar-refractivity contribution in [2.75, 3.05) is 17.8 Å². The molecule has 2 atom stereocenters. The quantitative estimate of drug-likeness (QED) is 0.102. The monoisotopic (exact) mass is 744 g/mol. The van der Waals surface area contributed by atoms with Crippen LogP contribution in [0.25, 0.3) is 0 Å². The van der Waals surface area contributed by atoms with Gasteiger partial charge in [0, 0.05) is 39.7 Å². The molecule has 0 heterocycles. The van der Waals surface area contributed by atoms with Gasteiger partial charge in [-0.1, -0.05) is 104 Å². The van der Waals surface area contributed by atoms with Crippen LogP contribution < -0.4 is 69.3 Å². The molecule has 3 rings (SSSR count). The predicted molar refractivity (Wildman–Crippen MR) is 200 cm³/mol. The molecule has 0 fully saturated rings. The van der Waals surface area contributed by atoms with Crippen LogP contribution in [-0.2, 0) is 26.8 Å². The number of carbonyl (C=O) groups excluding carboxylic acids is 2. The van der Waals surface area contributed by atoms with E-state index in [0.29, 0.717) is 10.5 Å². The molecule has 0 saturated carbocycles. The molecular formula is C38H50Na2O4S4. The molecule has 3 aromatic carbocycles. The summed E-state index contributed by atoms with van der Waals surface area (Å²) in [5.41, 5.74) is 4.11. The molecule has 0 bridgehead atoms. The second-order valence-electron chi connectivity index (χ2n) is 11.2. The van der Waals surface area contributed by atoms with Crippen molar-refractivity contribution in [3.63, 3.8) is 0 Å². The van der Waals surface area contributed by atoms with Crippen molar-refractivity contribution >= 4 is 59.0 Å². The summed E-state index contributed by atoms with van der Waals surface area (Å²) in [7, 11) is 0. The van der Waals surface area contributed by atoms with Crippen LogP contribution in [0.15, 0.2) is 91.0 Å². The summed E-state index contributed by atoms with van der Waals surface area (Å²) < 4.78 is 0. The molecule has 3 aromatic rings. The third-order valence-electron chi connectivity index (χ3n) is 7.37. The Balaban J connectivity index is 0.000000913. The Morgan fingerprint density at radius 2 is 0.917 bits per heavy atom. The van der Waals surface area contributed by atoms with Gasteiger partial charge in [0.25, 0.3) is 0 Å². The van der Waals surface area contributed by atoms with Crippen LogP contribution in [0.4, 0.5) is 0 Å². The van der Waals surface area contributed by atoms with E-state index in [0.717, 1.165) is 61.5 Å². The van der Waals surface area contributed by atoms with Gasteiger partial charge in [-0.25, -0.2) is 0 Å². The zero-order chi connectivity index (χ0) is 33.1. The fourth-order valence-corrected chi connectivity index (χ4v) is 9.06. The largest absolute Gasteiger partial charge is 1.00 e. The molecule has 2 unspecified atom stereocenters. The van der Waals surface area contributed by atoms with Gasteiger partial charge in [-0.15, -0.1) is 0 Å².